The third-order valence-electron chi connectivity index (χ3n) is 3.48. The Morgan fingerprint density at radius 2 is 1.81 bits per heavy atom. The quantitative estimate of drug-likeness (QED) is 0.362. The van der Waals surface area contributed by atoms with Crippen LogP contribution in [0.2, 0.25) is 0 Å². The zero-order valence-corrected chi connectivity index (χ0v) is 14.8. The number of nitrogens with one attached hydrogen (secondary N) is 1. The fraction of sp³-hybridized carbons (Fsp3) is 0.263. The Hall–Kier alpha value is -3.06. The van der Waals surface area contributed by atoms with Crippen LogP contribution in [0.3, 0.4) is 0 Å². The molecule has 0 fully saturated rings. The van der Waals surface area contributed by atoms with Gasteiger partial charge in [0.2, 0.25) is 0 Å². The fourth-order valence-corrected chi connectivity index (χ4v) is 2.11. The summed E-state index contributed by atoms with van der Waals surface area (Å²) < 4.78 is 10.7. The summed E-state index contributed by atoms with van der Waals surface area (Å²) in [6.45, 7) is 1.19. The van der Waals surface area contributed by atoms with Crippen molar-refractivity contribution in [3.05, 3.63) is 60.2 Å². The number of nitrogens with zero attached hydrogens (tertiary/aromatic N) is 2. The molecule has 0 saturated heterocycles. The van der Waals surface area contributed by atoms with E-state index in [2.05, 4.69) is 15.3 Å². The summed E-state index contributed by atoms with van der Waals surface area (Å²) in [6.07, 6.45) is 1.80. The molecule has 0 spiro atoms. The molecular weight excluding hydrogens is 330 g/mol. The number of guanidine groups is 1. The van der Waals surface area contributed by atoms with Gasteiger partial charge in [-0.3, -0.25) is 4.99 Å². The van der Waals surface area contributed by atoms with Gasteiger partial charge in [0.15, 0.2) is 5.96 Å². The highest BCUT2D eigenvalue weighted by Gasteiger charge is 2.02. The number of nitrogens with two attached hydrogens (primary N) is 2. The van der Waals surface area contributed by atoms with Crippen LogP contribution in [0.4, 0.5) is 0 Å². The van der Waals surface area contributed by atoms with E-state index in [1.54, 1.807) is 7.11 Å². The standard InChI is InChI=1S/C19H25N5O2/c1-25-16-8-10-17(11-9-16)26-13-5-12-22-14-23-19(21)24-18(20)15-6-3-2-4-7-15/h2-4,6-11,14,18H,5,12-13,20H2,1H3,(H3,21,22,23,24). The monoisotopic (exact) mass is 355 g/mol. The number of hydrogen-bond acceptors (Lipinski definition) is 5. The Morgan fingerprint density at radius 3 is 2.50 bits per heavy atom. The van der Waals surface area contributed by atoms with Crippen LogP contribution < -0.4 is 26.3 Å². The molecule has 2 aromatic rings. The second kappa shape index (κ2) is 10.7. The summed E-state index contributed by atoms with van der Waals surface area (Å²) in [7, 11) is 1.63. The van der Waals surface area contributed by atoms with E-state index < -0.39 is 6.17 Å². The molecule has 5 N–H and O–H groups in total. The summed E-state index contributed by atoms with van der Waals surface area (Å²) in [5, 5.41) is 2.81. The molecule has 0 aromatic heterocycles. The minimum atomic E-state index is -0.505. The molecule has 2 aromatic carbocycles. The summed E-state index contributed by atoms with van der Waals surface area (Å²) in [6, 6.07) is 17.0. The van der Waals surface area contributed by atoms with Crippen molar-refractivity contribution < 1.29 is 9.47 Å². The van der Waals surface area contributed by atoms with E-state index in [9.17, 15) is 0 Å². The van der Waals surface area contributed by atoms with Crippen molar-refractivity contribution in [3.63, 3.8) is 0 Å². The zero-order chi connectivity index (χ0) is 18.6. The van der Waals surface area contributed by atoms with Crippen molar-refractivity contribution in [2.24, 2.45) is 21.5 Å². The van der Waals surface area contributed by atoms with Crippen molar-refractivity contribution in [2.75, 3.05) is 20.3 Å². The maximum absolute atomic E-state index is 5.96. The second-order valence-electron chi connectivity index (χ2n) is 5.43. The van der Waals surface area contributed by atoms with E-state index in [4.69, 9.17) is 20.9 Å². The minimum absolute atomic E-state index is 0.222. The smallest absolute Gasteiger partial charge is 0.195 e. The van der Waals surface area contributed by atoms with Crippen LogP contribution in [-0.2, 0) is 0 Å². The van der Waals surface area contributed by atoms with Crippen LogP contribution in [0.25, 0.3) is 0 Å². The molecule has 138 valence electrons. The van der Waals surface area contributed by atoms with Crippen molar-refractivity contribution in [1.82, 2.24) is 5.32 Å². The number of hydrogen-bond donors (Lipinski definition) is 3. The minimum Gasteiger partial charge on any atom is -0.497 e. The topological polar surface area (TPSA) is 107 Å². The summed E-state index contributed by atoms with van der Waals surface area (Å²) in [5.41, 5.74) is 12.6. The molecule has 0 aliphatic rings. The Kier molecular flexibility index (Phi) is 7.95. The first-order valence-electron chi connectivity index (χ1n) is 8.34. The summed E-state index contributed by atoms with van der Waals surface area (Å²) >= 11 is 0. The summed E-state index contributed by atoms with van der Waals surface area (Å²) in [5.74, 6) is 1.83. The van der Waals surface area contributed by atoms with Gasteiger partial charge < -0.3 is 26.3 Å². The molecule has 0 aliphatic heterocycles. The van der Waals surface area contributed by atoms with Crippen LogP contribution in [0.15, 0.2) is 64.6 Å². The Morgan fingerprint density at radius 1 is 1.12 bits per heavy atom. The highest BCUT2D eigenvalue weighted by molar-refractivity contribution is 5.88. The number of ether oxygens (including phenoxy) is 2. The lowest BCUT2D eigenvalue weighted by Gasteiger charge is -2.08. The van der Waals surface area contributed by atoms with E-state index in [1.807, 2.05) is 54.6 Å². The van der Waals surface area contributed by atoms with Gasteiger partial charge in [0.1, 0.15) is 17.7 Å². The Balaban J connectivity index is 1.63. The van der Waals surface area contributed by atoms with Crippen molar-refractivity contribution >= 4 is 12.3 Å². The van der Waals surface area contributed by atoms with E-state index in [-0.39, 0.29) is 5.96 Å². The van der Waals surface area contributed by atoms with Crippen LogP contribution in [0.5, 0.6) is 11.5 Å². The molecule has 0 aliphatic carbocycles. The second-order valence-corrected chi connectivity index (χ2v) is 5.43. The largest absolute Gasteiger partial charge is 0.497 e. The van der Waals surface area contributed by atoms with Crippen LogP contribution in [0, 0.1) is 0 Å². The molecule has 0 heterocycles. The zero-order valence-electron chi connectivity index (χ0n) is 14.8. The molecule has 0 radical (unpaired) electrons. The van der Waals surface area contributed by atoms with E-state index in [0.29, 0.717) is 13.2 Å². The van der Waals surface area contributed by atoms with Crippen LogP contribution in [0.1, 0.15) is 18.2 Å². The summed E-state index contributed by atoms with van der Waals surface area (Å²) in [4.78, 5) is 8.38. The maximum Gasteiger partial charge on any atom is 0.195 e. The highest BCUT2D eigenvalue weighted by Crippen LogP contribution is 2.16. The number of methoxy groups -OCH3 is 1. The van der Waals surface area contributed by atoms with Gasteiger partial charge in [0.05, 0.1) is 20.1 Å². The van der Waals surface area contributed by atoms with Crippen molar-refractivity contribution in [2.45, 2.75) is 12.6 Å². The van der Waals surface area contributed by atoms with Crippen LogP contribution in [-0.4, -0.2) is 32.6 Å². The normalized spacial score (nSPS) is 12.8. The molecule has 26 heavy (non-hydrogen) atoms. The van der Waals surface area contributed by atoms with Gasteiger partial charge in [-0.25, -0.2) is 4.99 Å². The SMILES string of the molecule is COc1ccc(OCCCN=CN/C(N)=N\C(N)c2ccccc2)cc1. The van der Waals surface area contributed by atoms with Gasteiger partial charge in [0, 0.05) is 13.0 Å². The molecule has 1 unspecified atom stereocenters. The Bertz CT molecular complexity index is 702. The molecule has 7 nitrogen and oxygen atoms in total. The first-order chi connectivity index (χ1) is 12.7. The predicted molar refractivity (Wildman–Crippen MR) is 105 cm³/mol. The number of benzene rings is 2. The maximum atomic E-state index is 5.96. The van der Waals surface area contributed by atoms with E-state index >= 15 is 0 Å². The predicted octanol–water partition coefficient (Wildman–Crippen LogP) is 2.05. The van der Waals surface area contributed by atoms with Gasteiger partial charge in [-0.2, -0.15) is 0 Å². The van der Waals surface area contributed by atoms with Gasteiger partial charge in [-0.15, -0.1) is 0 Å². The third kappa shape index (κ3) is 6.82. The number of aliphatic imine (C=N–C) groups is 2. The van der Waals surface area contributed by atoms with Crippen LogP contribution >= 0.6 is 0 Å². The first-order valence-corrected chi connectivity index (χ1v) is 8.34. The fourth-order valence-electron chi connectivity index (χ4n) is 2.11. The molecular formula is C19H25N5O2. The Labute approximate surface area is 153 Å². The molecule has 7 heteroatoms. The van der Waals surface area contributed by atoms with E-state index in [1.165, 1.54) is 6.34 Å². The molecule has 2 rings (SSSR count). The van der Waals surface area contributed by atoms with Gasteiger partial charge >= 0.3 is 0 Å². The van der Waals surface area contributed by atoms with Crippen molar-refractivity contribution in [1.29, 1.82) is 0 Å². The van der Waals surface area contributed by atoms with Gasteiger partial charge in [-0.05, 0) is 29.8 Å². The molecule has 0 saturated carbocycles. The first kappa shape index (κ1) is 19.3. The van der Waals surface area contributed by atoms with Crippen molar-refractivity contribution in [3.8, 4) is 11.5 Å². The average molecular weight is 355 g/mol. The van der Waals surface area contributed by atoms with E-state index in [0.717, 1.165) is 23.5 Å². The molecule has 0 amide bonds. The average Bonchev–Trinajstić information content (AvgIpc) is 2.68. The lowest BCUT2D eigenvalue weighted by atomic mass is 10.2. The lowest BCUT2D eigenvalue weighted by Crippen LogP contribution is -2.32. The number of rotatable bonds is 9. The lowest BCUT2D eigenvalue weighted by molar-refractivity contribution is 0.313. The highest BCUT2D eigenvalue weighted by atomic mass is 16.5. The third-order valence-corrected chi connectivity index (χ3v) is 3.48. The molecule has 1 atom stereocenters. The molecule has 0 bridgehead atoms. The van der Waals surface area contributed by atoms with Gasteiger partial charge in [-0.1, -0.05) is 30.3 Å². The van der Waals surface area contributed by atoms with Gasteiger partial charge in [0.25, 0.3) is 0 Å².